The van der Waals surface area contributed by atoms with Gasteiger partial charge in [-0.3, -0.25) is 0 Å². The lowest BCUT2D eigenvalue weighted by molar-refractivity contribution is 0.126. The summed E-state index contributed by atoms with van der Waals surface area (Å²) < 4.78 is 0. The van der Waals surface area contributed by atoms with Gasteiger partial charge in [0, 0.05) is 0 Å². The lowest BCUT2D eigenvalue weighted by Gasteiger charge is -2.46. The van der Waals surface area contributed by atoms with Gasteiger partial charge in [-0.25, -0.2) is 0 Å². The Kier molecular flexibility index (Phi) is 1.60. The molecule has 2 fully saturated rings. The van der Waals surface area contributed by atoms with Crippen molar-refractivity contribution in [3.63, 3.8) is 0 Å². The van der Waals surface area contributed by atoms with Gasteiger partial charge in [-0.2, -0.15) is 5.26 Å². The second-order valence-corrected chi connectivity index (χ2v) is 5.52. The highest BCUT2D eigenvalue weighted by Gasteiger charge is 2.62. The lowest BCUT2D eigenvalue weighted by atomic mass is 9.55. The third kappa shape index (κ3) is 1.06. The largest absolute Gasteiger partial charge is 0.197 e. The van der Waals surface area contributed by atoms with Crippen molar-refractivity contribution in [1.82, 2.24) is 0 Å². The molecular formula is C13H17N. The Hall–Kier alpha value is -0.770. The highest BCUT2D eigenvalue weighted by atomic mass is 14.7. The molecule has 0 bridgehead atoms. The van der Waals surface area contributed by atoms with Crippen LogP contribution in [0.3, 0.4) is 0 Å². The fourth-order valence-electron chi connectivity index (χ4n) is 3.41. The summed E-state index contributed by atoms with van der Waals surface area (Å²) in [6, 6.07) is 2.61. The number of nitrogens with zero attached hydrogens (tertiary/aromatic N) is 1. The molecule has 1 spiro atoms. The first-order valence-corrected chi connectivity index (χ1v) is 5.90. The minimum absolute atomic E-state index is 0.00306. The van der Waals surface area contributed by atoms with Gasteiger partial charge in [0.1, 0.15) is 0 Å². The van der Waals surface area contributed by atoms with E-state index in [4.69, 9.17) is 0 Å². The highest BCUT2D eigenvalue weighted by Crippen LogP contribution is 2.71. The first-order chi connectivity index (χ1) is 6.79. The third-order valence-electron chi connectivity index (χ3n) is 4.43. The summed E-state index contributed by atoms with van der Waals surface area (Å²) in [5.74, 6) is 0. The van der Waals surface area contributed by atoms with Gasteiger partial charge in [-0.15, -0.1) is 0 Å². The molecule has 0 heterocycles. The van der Waals surface area contributed by atoms with Gasteiger partial charge >= 0.3 is 0 Å². The fraction of sp³-hybridized carbons (Fsp3) is 0.769. The van der Waals surface area contributed by atoms with E-state index in [2.05, 4.69) is 12.1 Å². The van der Waals surface area contributed by atoms with E-state index in [0.29, 0.717) is 5.41 Å². The summed E-state index contributed by atoms with van der Waals surface area (Å²) in [4.78, 5) is 0. The Morgan fingerprint density at radius 1 is 1.21 bits per heavy atom. The van der Waals surface area contributed by atoms with E-state index in [1.807, 2.05) is 0 Å². The molecule has 0 atom stereocenters. The zero-order valence-electron chi connectivity index (χ0n) is 8.68. The van der Waals surface area contributed by atoms with E-state index in [9.17, 15) is 5.26 Å². The van der Waals surface area contributed by atoms with Crippen molar-refractivity contribution in [3.8, 4) is 6.07 Å². The summed E-state index contributed by atoms with van der Waals surface area (Å²) in [6.45, 7) is 0. The summed E-state index contributed by atoms with van der Waals surface area (Å²) in [5, 5.41) is 9.36. The van der Waals surface area contributed by atoms with E-state index in [-0.39, 0.29) is 5.41 Å². The number of nitriles is 1. The first-order valence-electron chi connectivity index (χ1n) is 5.90. The van der Waals surface area contributed by atoms with Crippen molar-refractivity contribution in [2.24, 2.45) is 10.8 Å². The predicted molar refractivity (Wildman–Crippen MR) is 55.5 cm³/mol. The van der Waals surface area contributed by atoms with Crippen LogP contribution >= 0.6 is 0 Å². The van der Waals surface area contributed by atoms with E-state index in [1.165, 1.54) is 56.9 Å². The number of hydrogen-bond acceptors (Lipinski definition) is 1. The Morgan fingerprint density at radius 3 is 2.50 bits per heavy atom. The van der Waals surface area contributed by atoms with Gasteiger partial charge in [-0.05, 0) is 56.8 Å². The first kappa shape index (κ1) is 8.53. The molecule has 0 aromatic rings. The van der Waals surface area contributed by atoms with Crippen molar-refractivity contribution in [3.05, 3.63) is 11.6 Å². The van der Waals surface area contributed by atoms with Gasteiger partial charge in [0.15, 0.2) is 0 Å². The quantitative estimate of drug-likeness (QED) is 0.576. The predicted octanol–water partition coefficient (Wildman–Crippen LogP) is 3.57. The molecule has 1 nitrogen and oxygen atoms in total. The third-order valence-corrected chi connectivity index (χ3v) is 4.43. The van der Waals surface area contributed by atoms with Gasteiger partial charge in [-0.1, -0.05) is 11.6 Å². The molecule has 0 aromatic carbocycles. The molecule has 0 radical (unpaired) electrons. The van der Waals surface area contributed by atoms with Gasteiger partial charge < -0.3 is 0 Å². The molecule has 3 aliphatic rings. The van der Waals surface area contributed by atoms with Crippen LogP contribution in [0.2, 0.25) is 0 Å². The lowest BCUT2D eigenvalue weighted by Crippen LogP contribution is -2.39. The summed E-state index contributed by atoms with van der Waals surface area (Å²) >= 11 is 0. The monoisotopic (exact) mass is 187 g/mol. The average molecular weight is 187 g/mol. The van der Waals surface area contributed by atoms with Crippen LogP contribution in [0.1, 0.15) is 51.4 Å². The Balaban J connectivity index is 1.81. The molecular weight excluding hydrogens is 170 g/mol. The molecule has 0 N–H and O–H groups in total. The molecule has 1 heteroatoms. The zero-order valence-corrected chi connectivity index (χ0v) is 8.68. The maximum absolute atomic E-state index is 9.36. The highest BCUT2D eigenvalue weighted by molar-refractivity contribution is 5.33. The summed E-state index contributed by atoms with van der Waals surface area (Å²) in [6.07, 6.45) is 12.6. The second kappa shape index (κ2) is 2.63. The standard InChI is InChI=1S/C13H17N/c14-10-13(8-12(9-13)6-7-12)11-4-2-1-3-5-11/h4H,1-3,5-9H2. The van der Waals surface area contributed by atoms with Crippen LogP contribution in [0.25, 0.3) is 0 Å². The van der Waals surface area contributed by atoms with Crippen LogP contribution in [0.4, 0.5) is 0 Å². The molecule has 0 amide bonds. The zero-order chi connectivity index (χ0) is 9.65. The van der Waals surface area contributed by atoms with Crippen LogP contribution < -0.4 is 0 Å². The van der Waals surface area contributed by atoms with Crippen molar-refractivity contribution >= 4 is 0 Å². The molecule has 0 aliphatic heterocycles. The van der Waals surface area contributed by atoms with Gasteiger partial charge in [0.2, 0.25) is 0 Å². The van der Waals surface area contributed by atoms with E-state index < -0.39 is 0 Å². The molecule has 3 rings (SSSR count). The molecule has 74 valence electrons. The van der Waals surface area contributed by atoms with Crippen molar-refractivity contribution in [1.29, 1.82) is 5.26 Å². The van der Waals surface area contributed by atoms with Crippen LogP contribution in [-0.4, -0.2) is 0 Å². The van der Waals surface area contributed by atoms with Crippen LogP contribution in [0.15, 0.2) is 11.6 Å². The van der Waals surface area contributed by atoms with E-state index >= 15 is 0 Å². The van der Waals surface area contributed by atoms with Crippen LogP contribution in [0.5, 0.6) is 0 Å². The fourth-order valence-corrected chi connectivity index (χ4v) is 3.41. The van der Waals surface area contributed by atoms with Crippen LogP contribution in [0, 0.1) is 22.2 Å². The van der Waals surface area contributed by atoms with Gasteiger partial charge in [0.05, 0.1) is 11.5 Å². The van der Waals surface area contributed by atoms with Crippen LogP contribution in [-0.2, 0) is 0 Å². The second-order valence-electron chi connectivity index (χ2n) is 5.52. The van der Waals surface area contributed by atoms with E-state index in [0.717, 1.165) is 0 Å². The normalized spacial score (nSPS) is 31.5. The number of allylic oxidation sites excluding steroid dienone is 2. The molecule has 3 aliphatic carbocycles. The number of hydrogen-bond donors (Lipinski definition) is 0. The van der Waals surface area contributed by atoms with E-state index in [1.54, 1.807) is 0 Å². The summed E-state index contributed by atoms with van der Waals surface area (Å²) in [7, 11) is 0. The van der Waals surface area contributed by atoms with Crippen molar-refractivity contribution < 1.29 is 0 Å². The van der Waals surface area contributed by atoms with Gasteiger partial charge in [0.25, 0.3) is 0 Å². The summed E-state index contributed by atoms with van der Waals surface area (Å²) in [5.41, 5.74) is 2.13. The van der Waals surface area contributed by atoms with Crippen molar-refractivity contribution in [2.75, 3.05) is 0 Å². The maximum atomic E-state index is 9.36. The molecule has 2 saturated carbocycles. The van der Waals surface area contributed by atoms with Crippen molar-refractivity contribution in [2.45, 2.75) is 51.4 Å². The molecule has 14 heavy (non-hydrogen) atoms. The average Bonchev–Trinajstić information content (AvgIpc) is 2.96. The molecule has 0 unspecified atom stereocenters. The Bertz CT molecular complexity index is 320. The molecule has 0 saturated heterocycles. The minimum Gasteiger partial charge on any atom is -0.197 e. The Morgan fingerprint density at radius 2 is 2.00 bits per heavy atom. The number of rotatable bonds is 1. The molecule has 0 aromatic heterocycles. The smallest absolute Gasteiger partial charge is 0.0793 e. The topological polar surface area (TPSA) is 23.8 Å². The minimum atomic E-state index is -0.00306. The Labute approximate surface area is 85.8 Å². The SMILES string of the molecule is N#CC1(C2=CCCCC2)CC2(CC2)C1. The maximum Gasteiger partial charge on any atom is 0.0793 e.